The molecule has 1 heterocycles. The first kappa shape index (κ1) is 34.0. The number of ether oxygens (including phenoxy) is 4. The highest BCUT2D eigenvalue weighted by molar-refractivity contribution is 5.99. The highest BCUT2D eigenvalue weighted by atomic mass is 16.6. The molecule has 0 amide bonds. The van der Waals surface area contributed by atoms with Crippen LogP contribution in [0.5, 0.6) is 0 Å². The quantitative estimate of drug-likeness (QED) is 0.176. The van der Waals surface area contributed by atoms with Crippen molar-refractivity contribution in [2.24, 2.45) is 44.8 Å². The van der Waals surface area contributed by atoms with Gasteiger partial charge in [-0.2, -0.15) is 0 Å². The second-order valence-corrected chi connectivity index (χ2v) is 15.8. The number of hydrogen-bond acceptors (Lipinski definition) is 9. The Labute approximate surface area is 251 Å². The van der Waals surface area contributed by atoms with Crippen LogP contribution in [0.2, 0.25) is 0 Å². The van der Waals surface area contributed by atoms with Gasteiger partial charge in [-0.05, 0) is 91.4 Å². The summed E-state index contributed by atoms with van der Waals surface area (Å²) in [5, 5.41) is 0. The van der Waals surface area contributed by atoms with E-state index in [-0.39, 0.29) is 29.8 Å². The van der Waals surface area contributed by atoms with Crippen LogP contribution in [0, 0.1) is 44.8 Å². The Morgan fingerprint density at radius 1 is 0.905 bits per heavy atom. The number of methoxy groups -OCH3 is 1. The Hall–Kier alpha value is -2.45. The van der Waals surface area contributed by atoms with Crippen molar-refractivity contribution in [1.29, 1.82) is 0 Å². The lowest BCUT2D eigenvalue weighted by atomic mass is 9.60. The van der Waals surface area contributed by atoms with Gasteiger partial charge < -0.3 is 18.9 Å². The van der Waals surface area contributed by atoms with Crippen molar-refractivity contribution in [2.75, 3.05) is 7.11 Å². The molecule has 42 heavy (non-hydrogen) atoms. The first-order chi connectivity index (χ1) is 19.0. The molecular formula is C33H52O9. The average molecular weight is 593 g/mol. The first-order valence-corrected chi connectivity index (χ1v) is 15.3. The molecule has 0 aromatic rings. The Morgan fingerprint density at radius 3 is 1.90 bits per heavy atom. The van der Waals surface area contributed by atoms with E-state index in [2.05, 4.69) is 20.8 Å². The van der Waals surface area contributed by atoms with Crippen LogP contribution >= 0.6 is 0 Å². The molecule has 0 spiro atoms. The minimum atomic E-state index is -1.62. The van der Waals surface area contributed by atoms with Crippen LogP contribution in [0.1, 0.15) is 115 Å². The van der Waals surface area contributed by atoms with Crippen molar-refractivity contribution in [1.82, 2.24) is 0 Å². The maximum Gasteiger partial charge on any atom is 0.318 e. The van der Waals surface area contributed by atoms with Crippen LogP contribution in [-0.2, 0) is 42.9 Å². The van der Waals surface area contributed by atoms with Crippen LogP contribution in [0.15, 0.2) is 0 Å². The third-order valence-electron chi connectivity index (χ3n) is 11.3. The molecule has 2 bridgehead atoms. The minimum Gasteiger partial charge on any atom is -0.469 e. The predicted octanol–water partition coefficient (Wildman–Crippen LogP) is 5.80. The Bertz CT molecular complexity index is 1130. The summed E-state index contributed by atoms with van der Waals surface area (Å²) in [5.74, 6) is -4.94. The number of carbonyl (C=O) groups is 5. The molecule has 0 aromatic carbocycles. The molecule has 1 saturated heterocycles. The molecule has 0 radical (unpaired) electrons. The topological polar surface area (TPSA) is 122 Å². The SMILES string of the molecule is CCC(C)(CC(C)(CC(C)(C(=O)OC)C1C(=O)OC(=O)C1C)C(=O)OC(C)(C)C)C(=O)OC1CC2CCC1(C)C2(C)C. The Morgan fingerprint density at radius 2 is 1.50 bits per heavy atom. The van der Waals surface area contributed by atoms with E-state index in [0.29, 0.717) is 12.3 Å². The normalized spacial score (nSPS) is 32.8. The molecule has 238 valence electrons. The summed E-state index contributed by atoms with van der Waals surface area (Å²) in [7, 11) is 1.20. The molecule has 3 rings (SSSR count). The summed E-state index contributed by atoms with van der Waals surface area (Å²) in [6.45, 7) is 20.3. The molecule has 2 saturated carbocycles. The molecule has 9 nitrogen and oxygen atoms in total. The van der Waals surface area contributed by atoms with Crippen LogP contribution in [-0.4, -0.2) is 48.7 Å². The van der Waals surface area contributed by atoms with E-state index in [9.17, 15) is 24.0 Å². The van der Waals surface area contributed by atoms with E-state index in [1.165, 1.54) is 21.0 Å². The van der Waals surface area contributed by atoms with Gasteiger partial charge >= 0.3 is 29.8 Å². The maximum atomic E-state index is 14.0. The lowest BCUT2D eigenvalue weighted by molar-refractivity contribution is -0.182. The zero-order chi connectivity index (χ0) is 32.3. The van der Waals surface area contributed by atoms with Gasteiger partial charge in [0.15, 0.2) is 0 Å². The summed E-state index contributed by atoms with van der Waals surface area (Å²) in [6.07, 6.45) is 2.86. The van der Waals surface area contributed by atoms with Gasteiger partial charge in [0, 0.05) is 5.41 Å². The second-order valence-electron chi connectivity index (χ2n) is 15.8. The van der Waals surface area contributed by atoms with Crippen molar-refractivity contribution < 1.29 is 42.9 Å². The molecule has 8 unspecified atom stereocenters. The molecule has 1 aliphatic heterocycles. The van der Waals surface area contributed by atoms with E-state index < -0.39 is 63.5 Å². The third-order valence-corrected chi connectivity index (χ3v) is 11.3. The van der Waals surface area contributed by atoms with Gasteiger partial charge in [0.1, 0.15) is 11.7 Å². The minimum absolute atomic E-state index is 0.00280. The highest BCUT2D eigenvalue weighted by Crippen LogP contribution is 2.66. The molecular weight excluding hydrogens is 540 g/mol. The van der Waals surface area contributed by atoms with Gasteiger partial charge in [-0.25, -0.2) is 0 Å². The third kappa shape index (κ3) is 5.61. The van der Waals surface area contributed by atoms with Crippen molar-refractivity contribution in [3.05, 3.63) is 0 Å². The van der Waals surface area contributed by atoms with Gasteiger partial charge in [-0.15, -0.1) is 0 Å². The van der Waals surface area contributed by atoms with E-state index in [1.54, 1.807) is 34.6 Å². The molecule has 0 aromatic heterocycles. The van der Waals surface area contributed by atoms with Gasteiger partial charge in [-0.3, -0.25) is 24.0 Å². The first-order valence-electron chi connectivity index (χ1n) is 15.3. The fourth-order valence-corrected chi connectivity index (χ4v) is 8.15. The van der Waals surface area contributed by atoms with E-state index in [1.807, 2.05) is 6.92 Å². The smallest absolute Gasteiger partial charge is 0.318 e. The molecule has 3 fully saturated rings. The molecule has 0 N–H and O–H groups in total. The van der Waals surface area contributed by atoms with Crippen LogP contribution in [0.25, 0.3) is 0 Å². The van der Waals surface area contributed by atoms with Crippen molar-refractivity contribution >= 4 is 29.8 Å². The number of cyclic esters (lactones) is 2. The Balaban J connectivity index is 2.02. The monoisotopic (exact) mass is 592 g/mol. The zero-order valence-corrected chi connectivity index (χ0v) is 27.7. The number of fused-ring (bicyclic) bond motifs is 2. The summed E-state index contributed by atoms with van der Waals surface area (Å²) < 4.78 is 22.2. The summed E-state index contributed by atoms with van der Waals surface area (Å²) in [4.78, 5) is 66.7. The summed E-state index contributed by atoms with van der Waals surface area (Å²) >= 11 is 0. The van der Waals surface area contributed by atoms with Gasteiger partial charge in [0.2, 0.25) is 0 Å². The lowest BCUT2D eigenvalue weighted by Gasteiger charge is -2.44. The number of esters is 5. The second kappa shape index (κ2) is 10.9. The average Bonchev–Trinajstić information content (AvgIpc) is 3.33. The maximum absolute atomic E-state index is 14.0. The van der Waals surface area contributed by atoms with Crippen LogP contribution in [0.4, 0.5) is 0 Å². The van der Waals surface area contributed by atoms with Crippen molar-refractivity contribution in [3.63, 3.8) is 0 Å². The molecule has 9 heteroatoms. The van der Waals surface area contributed by atoms with Gasteiger partial charge in [-0.1, -0.05) is 34.6 Å². The summed E-state index contributed by atoms with van der Waals surface area (Å²) in [5.41, 5.74) is -5.11. The number of rotatable bonds is 10. The highest BCUT2D eigenvalue weighted by Gasteiger charge is 2.64. The van der Waals surface area contributed by atoms with Crippen LogP contribution in [0.3, 0.4) is 0 Å². The van der Waals surface area contributed by atoms with Crippen molar-refractivity contribution in [2.45, 2.75) is 126 Å². The zero-order valence-electron chi connectivity index (χ0n) is 27.7. The van der Waals surface area contributed by atoms with Gasteiger partial charge in [0.05, 0.1) is 35.2 Å². The molecule has 2 aliphatic carbocycles. The fraction of sp³-hybridized carbons (Fsp3) is 0.848. The predicted molar refractivity (Wildman–Crippen MR) is 155 cm³/mol. The standard InChI is InChI=1S/C33H52O9/c1-13-30(8,25(36)40-21-16-20-14-15-33(21,11)29(20,6)7)17-31(9,26(37)42-28(3,4)5)18-32(10,27(38)39-12)22-19(2)23(34)41-24(22)35/h19-22H,13-18H2,1-12H3. The van der Waals surface area contributed by atoms with Gasteiger partial charge in [0.25, 0.3) is 0 Å². The van der Waals surface area contributed by atoms with E-state index >= 15 is 0 Å². The fourth-order valence-electron chi connectivity index (χ4n) is 8.15. The number of hydrogen-bond donors (Lipinski definition) is 0. The largest absolute Gasteiger partial charge is 0.469 e. The Kier molecular flexibility index (Phi) is 8.85. The van der Waals surface area contributed by atoms with E-state index in [4.69, 9.17) is 18.9 Å². The molecule has 3 aliphatic rings. The number of carbonyl (C=O) groups excluding carboxylic acids is 5. The van der Waals surface area contributed by atoms with E-state index in [0.717, 1.165) is 19.3 Å². The molecule has 8 atom stereocenters. The summed E-state index contributed by atoms with van der Waals surface area (Å²) in [6, 6.07) is 0. The van der Waals surface area contributed by atoms with Crippen LogP contribution < -0.4 is 0 Å². The van der Waals surface area contributed by atoms with Crippen molar-refractivity contribution in [3.8, 4) is 0 Å². The lowest BCUT2D eigenvalue weighted by Crippen LogP contribution is -2.50.